The molecule has 0 aromatic heterocycles. The number of benzene rings is 2. The Kier molecular flexibility index (Phi) is 5.75. The summed E-state index contributed by atoms with van der Waals surface area (Å²) in [4.78, 5) is 29.2. The van der Waals surface area contributed by atoms with E-state index in [9.17, 15) is 14.0 Å². The molecular formula is C24H28FN3O2. The van der Waals surface area contributed by atoms with Crippen molar-refractivity contribution in [2.75, 3.05) is 29.9 Å². The molecule has 6 heteroatoms. The van der Waals surface area contributed by atoms with Crippen LogP contribution in [0.4, 0.5) is 15.8 Å². The van der Waals surface area contributed by atoms with Crippen molar-refractivity contribution in [3.8, 4) is 0 Å². The number of hydrogen-bond acceptors (Lipinski definition) is 3. The Morgan fingerprint density at radius 2 is 1.90 bits per heavy atom. The van der Waals surface area contributed by atoms with E-state index in [-0.39, 0.29) is 29.6 Å². The zero-order valence-electron chi connectivity index (χ0n) is 17.5. The number of carbonyl (C=O) groups excluding carboxylic acids is 2. The lowest BCUT2D eigenvalue weighted by Crippen LogP contribution is -2.48. The number of halogens is 1. The van der Waals surface area contributed by atoms with Gasteiger partial charge in [-0.1, -0.05) is 18.2 Å². The van der Waals surface area contributed by atoms with Crippen LogP contribution in [-0.2, 0) is 4.79 Å². The maximum Gasteiger partial charge on any atom is 0.253 e. The Balaban J connectivity index is 1.47. The summed E-state index contributed by atoms with van der Waals surface area (Å²) in [7, 11) is 1.73. The molecule has 0 spiro atoms. The number of piperidine rings is 1. The van der Waals surface area contributed by atoms with Crippen LogP contribution in [0.25, 0.3) is 0 Å². The minimum Gasteiger partial charge on any atom is -0.367 e. The molecular weight excluding hydrogens is 381 g/mol. The summed E-state index contributed by atoms with van der Waals surface area (Å²) < 4.78 is 14.3. The first-order valence-electron chi connectivity index (χ1n) is 10.6. The van der Waals surface area contributed by atoms with Crippen LogP contribution in [0.5, 0.6) is 0 Å². The maximum atomic E-state index is 14.3. The molecule has 1 unspecified atom stereocenters. The second-order valence-electron chi connectivity index (χ2n) is 8.40. The van der Waals surface area contributed by atoms with E-state index in [1.54, 1.807) is 24.1 Å². The molecule has 2 aliphatic rings. The maximum absolute atomic E-state index is 14.3. The molecule has 1 aliphatic heterocycles. The standard InChI is InChI=1S/C24H28FN3O2/c1-16-9-12-20(25)22(14-16)28-13-5-6-18(15-28)26-23(29)19-7-3-4-8-21(19)27(2)24(30)17-10-11-17/h3-4,7-9,12,14,17-18H,5-6,10-11,13,15H2,1-2H3,(H,26,29). The number of anilines is 2. The molecule has 30 heavy (non-hydrogen) atoms. The van der Waals surface area contributed by atoms with Gasteiger partial charge in [0.1, 0.15) is 5.82 Å². The minimum atomic E-state index is -0.238. The first-order chi connectivity index (χ1) is 14.4. The molecule has 1 atom stereocenters. The molecule has 0 radical (unpaired) electrons. The smallest absolute Gasteiger partial charge is 0.253 e. The number of nitrogens with one attached hydrogen (secondary N) is 1. The van der Waals surface area contributed by atoms with Gasteiger partial charge < -0.3 is 15.1 Å². The molecule has 1 N–H and O–H groups in total. The van der Waals surface area contributed by atoms with Crippen molar-refractivity contribution in [2.24, 2.45) is 5.92 Å². The van der Waals surface area contributed by atoms with Gasteiger partial charge in [-0.05, 0) is 62.4 Å². The van der Waals surface area contributed by atoms with Gasteiger partial charge in [0.2, 0.25) is 5.91 Å². The topological polar surface area (TPSA) is 52.7 Å². The van der Waals surface area contributed by atoms with Crippen molar-refractivity contribution in [3.63, 3.8) is 0 Å². The first kappa shape index (κ1) is 20.4. The van der Waals surface area contributed by atoms with E-state index in [0.717, 1.165) is 37.8 Å². The Morgan fingerprint density at radius 3 is 2.67 bits per heavy atom. The summed E-state index contributed by atoms with van der Waals surface area (Å²) in [6.07, 6.45) is 3.56. The Labute approximate surface area is 176 Å². The summed E-state index contributed by atoms with van der Waals surface area (Å²) in [5.74, 6) is -0.285. The SMILES string of the molecule is Cc1ccc(F)c(N2CCCC(NC(=O)c3ccccc3N(C)C(=O)C3CC3)C2)c1. The Morgan fingerprint density at radius 1 is 1.13 bits per heavy atom. The summed E-state index contributed by atoms with van der Waals surface area (Å²) in [5, 5.41) is 3.11. The number of amides is 2. The van der Waals surface area contributed by atoms with Gasteiger partial charge >= 0.3 is 0 Å². The van der Waals surface area contributed by atoms with Gasteiger partial charge in [0, 0.05) is 32.1 Å². The van der Waals surface area contributed by atoms with Crippen molar-refractivity contribution >= 4 is 23.2 Å². The molecule has 4 rings (SSSR count). The highest BCUT2D eigenvalue weighted by Gasteiger charge is 2.33. The molecule has 1 saturated heterocycles. The zero-order valence-corrected chi connectivity index (χ0v) is 17.5. The van der Waals surface area contributed by atoms with Crippen LogP contribution in [0.2, 0.25) is 0 Å². The molecule has 2 aromatic rings. The third-order valence-corrected chi connectivity index (χ3v) is 5.97. The number of carbonyl (C=O) groups is 2. The number of rotatable bonds is 5. The van der Waals surface area contributed by atoms with Gasteiger partial charge in [0.15, 0.2) is 0 Å². The van der Waals surface area contributed by atoms with Crippen molar-refractivity contribution in [2.45, 2.75) is 38.6 Å². The molecule has 5 nitrogen and oxygen atoms in total. The molecule has 1 aliphatic carbocycles. The third kappa shape index (κ3) is 4.32. The lowest BCUT2D eigenvalue weighted by Gasteiger charge is -2.35. The molecule has 2 fully saturated rings. The second kappa shape index (κ2) is 8.46. The predicted octanol–water partition coefficient (Wildman–Crippen LogP) is 3.91. The fourth-order valence-corrected chi connectivity index (χ4v) is 4.12. The molecule has 2 aromatic carbocycles. The van der Waals surface area contributed by atoms with Crippen molar-refractivity contribution in [1.82, 2.24) is 5.32 Å². The molecule has 1 heterocycles. The lowest BCUT2D eigenvalue weighted by atomic mass is 10.0. The van der Waals surface area contributed by atoms with E-state index in [0.29, 0.717) is 23.5 Å². The van der Waals surface area contributed by atoms with Crippen LogP contribution in [0, 0.1) is 18.7 Å². The lowest BCUT2D eigenvalue weighted by molar-refractivity contribution is -0.119. The van der Waals surface area contributed by atoms with Crippen LogP contribution in [0.15, 0.2) is 42.5 Å². The second-order valence-corrected chi connectivity index (χ2v) is 8.40. The largest absolute Gasteiger partial charge is 0.367 e. The Hall–Kier alpha value is -2.89. The van der Waals surface area contributed by atoms with Crippen LogP contribution in [0.3, 0.4) is 0 Å². The highest BCUT2D eigenvalue weighted by atomic mass is 19.1. The van der Waals surface area contributed by atoms with Crippen LogP contribution < -0.4 is 15.1 Å². The molecule has 2 amide bonds. The predicted molar refractivity (Wildman–Crippen MR) is 116 cm³/mol. The van der Waals surface area contributed by atoms with E-state index in [1.807, 2.05) is 36.1 Å². The quantitative estimate of drug-likeness (QED) is 0.815. The monoisotopic (exact) mass is 409 g/mol. The summed E-state index contributed by atoms with van der Waals surface area (Å²) in [5.41, 5.74) is 2.72. The highest BCUT2D eigenvalue weighted by Crippen LogP contribution is 2.33. The van der Waals surface area contributed by atoms with Crippen LogP contribution >= 0.6 is 0 Å². The van der Waals surface area contributed by atoms with Crippen molar-refractivity contribution in [1.29, 1.82) is 0 Å². The number of nitrogens with zero attached hydrogens (tertiary/aromatic N) is 2. The van der Waals surface area contributed by atoms with Crippen LogP contribution in [-0.4, -0.2) is 38.0 Å². The zero-order chi connectivity index (χ0) is 21.3. The summed E-state index contributed by atoms with van der Waals surface area (Å²) in [6.45, 7) is 3.27. The average Bonchev–Trinajstić information content (AvgIpc) is 3.60. The average molecular weight is 410 g/mol. The highest BCUT2D eigenvalue weighted by molar-refractivity contribution is 6.05. The van der Waals surface area contributed by atoms with E-state index in [2.05, 4.69) is 5.32 Å². The first-order valence-corrected chi connectivity index (χ1v) is 10.6. The van der Waals surface area contributed by atoms with E-state index in [1.165, 1.54) is 6.07 Å². The van der Waals surface area contributed by atoms with Gasteiger partial charge in [-0.25, -0.2) is 4.39 Å². The van der Waals surface area contributed by atoms with Gasteiger partial charge in [-0.2, -0.15) is 0 Å². The summed E-state index contributed by atoms with van der Waals surface area (Å²) in [6, 6.07) is 12.2. The fraction of sp³-hybridized carbons (Fsp3) is 0.417. The molecule has 158 valence electrons. The normalized spacial score (nSPS) is 18.8. The van der Waals surface area contributed by atoms with E-state index in [4.69, 9.17) is 0 Å². The van der Waals surface area contributed by atoms with E-state index < -0.39 is 0 Å². The number of para-hydroxylation sites is 1. The van der Waals surface area contributed by atoms with Gasteiger partial charge in [-0.15, -0.1) is 0 Å². The van der Waals surface area contributed by atoms with Gasteiger partial charge in [0.25, 0.3) is 5.91 Å². The van der Waals surface area contributed by atoms with Crippen molar-refractivity contribution < 1.29 is 14.0 Å². The third-order valence-electron chi connectivity index (χ3n) is 5.97. The van der Waals surface area contributed by atoms with Gasteiger partial charge in [0.05, 0.1) is 16.9 Å². The van der Waals surface area contributed by atoms with Crippen molar-refractivity contribution in [3.05, 3.63) is 59.4 Å². The molecule has 0 bridgehead atoms. The Bertz CT molecular complexity index is 957. The number of aryl methyl sites for hydroxylation is 1. The minimum absolute atomic E-state index is 0.0639. The van der Waals surface area contributed by atoms with Crippen LogP contribution in [0.1, 0.15) is 41.6 Å². The summed E-state index contributed by atoms with van der Waals surface area (Å²) >= 11 is 0. The van der Waals surface area contributed by atoms with Gasteiger partial charge in [-0.3, -0.25) is 9.59 Å². The molecule has 1 saturated carbocycles. The fourth-order valence-electron chi connectivity index (χ4n) is 4.12. The van der Waals surface area contributed by atoms with E-state index >= 15 is 0 Å². The number of hydrogen-bond donors (Lipinski definition) is 1.